The minimum atomic E-state index is 0.667. The molecule has 2 atom stereocenters. The van der Waals surface area contributed by atoms with Gasteiger partial charge >= 0.3 is 0 Å². The van der Waals surface area contributed by atoms with Crippen molar-refractivity contribution in [2.45, 2.75) is 63.5 Å². The number of fused-ring (bicyclic) bond motifs is 1. The first-order chi connectivity index (χ1) is 9.38. The van der Waals surface area contributed by atoms with Crippen molar-refractivity contribution in [1.82, 2.24) is 9.80 Å². The molecule has 110 valence electrons. The van der Waals surface area contributed by atoms with Crippen molar-refractivity contribution in [3.8, 4) is 0 Å². The second kappa shape index (κ2) is 6.55. The molecule has 0 aromatic heterocycles. The molecular formula is C16H31N3. The molecule has 2 N–H and O–H groups in total. The van der Waals surface area contributed by atoms with E-state index in [9.17, 15) is 0 Å². The van der Waals surface area contributed by atoms with Crippen LogP contribution in [-0.2, 0) is 0 Å². The van der Waals surface area contributed by atoms with Crippen LogP contribution in [0.5, 0.6) is 0 Å². The van der Waals surface area contributed by atoms with Crippen LogP contribution >= 0.6 is 0 Å². The summed E-state index contributed by atoms with van der Waals surface area (Å²) in [6.07, 6.45) is 11.3. The lowest BCUT2D eigenvalue weighted by Gasteiger charge is -2.38. The van der Waals surface area contributed by atoms with Crippen LogP contribution in [0.1, 0.15) is 51.4 Å². The molecule has 3 aliphatic rings. The van der Waals surface area contributed by atoms with E-state index in [2.05, 4.69) is 9.80 Å². The first-order valence-corrected chi connectivity index (χ1v) is 8.56. The van der Waals surface area contributed by atoms with Crippen molar-refractivity contribution in [2.75, 3.05) is 32.7 Å². The Labute approximate surface area is 118 Å². The summed E-state index contributed by atoms with van der Waals surface area (Å²) in [6.45, 7) is 6.11. The standard InChI is InChI=1S/C16H31N3/c17-12-16(14-6-2-1-3-7-14)19-11-5-10-18-9-4-8-15(18)13-19/h14-16H,1-13,17H2. The molecule has 1 saturated carbocycles. The molecule has 3 rings (SSSR count). The summed E-state index contributed by atoms with van der Waals surface area (Å²) in [4.78, 5) is 5.50. The molecule has 0 aromatic carbocycles. The lowest BCUT2D eigenvalue weighted by molar-refractivity contribution is 0.112. The molecule has 0 aromatic rings. The van der Waals surface area contributed by atoms with Gasteiger partial charge in [-0.1, -0.05) is 19.3 Å². The largest absolute Gasteiger partial charge is 0.329 e. The van der Waals surface area contributed by atoms with Gasteiger partial charge in [-0.25, -0.2) is 0 Å². The number of nitrogens with two attached hydrogens (primary N) is 1. The lowest BCUT2D eigenvalue weighted by Crippen LogP contribution is -2.49. The fourth-order valence-corrected chi connectivity index (χ4v) is 4.69. The minimum absolute atomic E-state index is 0.667. The van der Waals surface area contributed by atoms with E-state index in [0.717, 1.165) is 18.5 Å². The Balaban J connectivity index is 1.64. The second-order valence-electron chi connectivity index (χ2n) is 6.88. The number of hydrogen-bond acceptors (Lipinski definition) is 3. The summed E-state index contributed by atoms with van der Waals surface area (Å²) in [5.74, 6) is 0.881. The highest BCUT2D eigenvalue weighted by Gasteiger charge is 2.34. The first kappa shape index (κ1) is 13.8. The van der Waals surface area contributed by atoms with E-state index in [0.29, 0.717) is 6.04 Å². The van der Waals surface area contributed by atoms with Gasteiger partial charge in [0.15, 0.2) is 0 Å². The fraction of sp³-hybridized carbons (Fsp3) is 1.00. The van der Waals surface area contributed by atoms with Crippen molar-refractivity contribution in [3.63, 3.8) is 0 Å². The van der Waals surface area contributed by atoms with Crippen molar-refractivity contribution in [3.05, 3.63) is 0 Å². The maximum atomic E-state index is 6.17. The van der Waals surface area contributed by atoms with E-state index in [1.165, 1.54) is 77.5 Å². The van der Waals surface area contributed by atoms with Gasteiger partial charge in [-0.05, 0) is 57.7 Å². The zero-order chi connectivity index (χ0) is 13.1. The van der Waals surface area contributed by atoms with E-state index in [1.807, 2.05) is 0 Å². The molecule has 0 spiro atoms. The second-order valence-corrected chi connectivity index (χ2v) is 6.88. The summed E-state index contributed by atoms with van der Waals surface area (Å²) in [5.41, 5.74) is 6.17. The van der Waals surface area contributed by atoms with Crippen molar-refractivity contribution in [2.24, 2.45) is 11.7 Å². The number of nitrogens with zero attached hydrogens (tertiary/aromatic N) is 2. The third-order valence-electron chi connectivity index (χ3n) is 5.74. The highest BCUT2D eigenvalue weighted by atomic mass is 15.3. The van der Waals surface area contributed by atoms with Crippen molar-refractivity contribution < 1.29 is 0 Å². The normalized spacial score (nSPS) is 33.0. The summed E-state index contributed by atoms with van der Waals surface area (Å²) >= 11 is 0. The lowest BCUT2D eigenvalue weighted by atomic mass is 9.83. The predicted octanol–water partition coefficient (Wildman–Crippen LogP) is 2.06. The van der Waals surface area contributed by atoms with Crippen LogP contribution in [0.15, 0.2) is 0 Å². The summed E-state index contributed by atoms with van der Waals surface area (Å²) in [5, 5.41) is 0. The molecule has 2 aliphatic heterocycles. The quantitative estimate of drug-likeness (QED) is 0.848. The van der Waals surface area contributed by atoms with E-state index in [1.54, 1.807) is 0 Å². The van der Waals surface area contributed by atoms with Crippen LogP contribution in [-0.4, -0.2) is 54.6 Å². The van der Waals surface area contributed by atoms with Gasteiger partial charge in [0, 0.05) is 25.2 Å². The van der Waals surface area contributed by atoms with Gasteiger partial charge in [0.1, 0.15) is 0 Å². The molecule has 0 amide bonds. The van der Waals surface area contributed by atoms with Gasteiger partial charge in [0.05, 0.1) is 0 Å². The highest BCUT2D eigenvalue weighted by molar-refractivity contribution is 4.90. The van der Waals surface area contributed by atoms with Crippen LogP contribution in [0.25, 0.3) is 0 Å². The molecule has 0 radical (unpaired) electrons. The Bertz CT molecular complexity index is 275. The van der Waals surface area contributed by atoms with E-state index in [4.69, 9.17) is 5.73 Å². The Morgan fingerprint density at radius 3 is 2.47 bits per heavy atom. The van der Waals surface area contributed by atoms with Crippen molar-refractivity contribution in [1.29, 1.82) is 0 Å². The Morgan fingerprint density at radius 1 is 0.895 bits per heavy atom. The smallest absolute Gasteiger partial charge is 0.0247 e. The third kappa shape index (κ3) is 3.14. The van der Waals surface area contributed by atoms with Gasteiger partial charge in [0.2, 0.25) is 0 Å². The molecule has 19 heavy (non-hydrogen) atoms. The molecule has 2 heterocycles. The molecular weight excluding hydrogens is 234 g/mol. The molecule has 2 saturated heterocycles. The summed E-state index contributed by atoms with van der Waals surface area (Å²) in [6, 6.07) is 1.50. The molecule has 1 aliphatic carbocycles. The van der Waals surface area contributed by atoms with Gasteiger partial charge in [0.25, 0.3) is 0 Å². The number of rotatable bonds is 3. The van der Waals surface area contributed by atoms with Gasteiger partial charge in [-0.3, -0.25) is 9.80 Å². The van der Waals surface area contributed by atoms with Gasteiger partial charge < -0.3 is 5.73 Å². The summed E-state index contributed by atoms with van der Waals surface area (Å²) in [7, 11) is 0. The van der Waals surface area contributed by atoms with Crippen LogP contribution in [0.4, 0.5) is 0 Å². The van der Waals surface area contributed by atoms with Crippen LogP contribution in [0.2, 0.25) is 0 Å². The van der Waals surface area contributed by atoms with E-state index >= 15 is 0 Å². The number of hydrogen-bond donors (Lipinski definition) is 1. The van der Waals surface area contributed by atoms with Crippen molar-refractivity contribution >= 4 is 0 Å². The minimum Gasteiger partial charge on any atom is -0.329 e. The Morgan fingerprint density at radius 2 is 1.68 bits per heavy atom. The maximum absolute atomic E-state index is 6.17. The van der Waals surface area contributed by atoms with Crippen LogP contribution in [0.3, 0.4) is 0 Å². The first-order valence-electron chi connectivity index (χ1n) is 8.56. The molecule has 3 nitrogen and oxygen atoms in total. The third-order valence-corrected chi connectivity index (χ3v) is 5.74. The zero-order valence-corrected chi connectivity index (χ0v) is 12.4. The van der Waals surface area contributed by atoms with Crippen LogP contribution in [0, 0.1) is 5.92 Å². The van der Waals surface area contributed by atoms with Gasteiger partial charge in [-0.2, -0.15) is 0 Å². The summed E-state index contributed by atoms with van der Waals surface area (Å²) < 4.78 is 0. The van der Waals surface area contributed by atoms with E-state index in [-0.39, 0.29) is 0 Å². The van der Waals surface area contributed by atoms with Crippen LogP contribution < -0.4 is 5.73 Å². The Kier molecular flexibility index (Phi) is 4.78. The predicted molar refractivity (Wildman–Crippen MR) is 80.2 cm³/mol. The Hall–Kier alpha value is -0.120. The molecule has 3 fully saturated rings. The van der Waals surface area contributed by atoms with E-state index < -0.39 is 0 Å². The molecule has 0 bridgehead atoms. The average Bonchev–Trinajstić information content (AvgIpc) is 2.79. The average molecular weight is 265 g/mol. The molecule has 3 heteroatoms. The topological polar surface area (TPSA) is 32.5 Å². The van der Waals surface area contributed by atoms with Gasteiger partial charge in [-0.15, -0.1) is 0 Å². The fourth-order valence-electron chi connectivity index (χ4n) is 4.69. The monoisotopic (exact) mass is 265 g/mol. The molecule has 2 unspecified atom stereocenters. The maximum Gasteiger partial charge on any atom is 0.0247 e. The SMILES string of the molecule is NCC(C1CCCCC1)N1CCCN2CCCC2C1. The highest BCUT2D eigenvalue weighted by Crippen LogP contribution is 2.31. The zero-order valence-electron chi connectivity index (χ0n) is 12.4.